The van der Waals surface area contributed by atoms with Gasteiger partial charge in [0.1, 0.15) is 22.2 Å². The fourth-order valence-electron chi connectivity index (χ4n) is 2.05. The van der Waals surface area contributed by atoms with E-state index in [2.05, 4.69) is 35.5 Å². The molecule has 0 saturated carbocycles. The van der Waals surface area contributed by atoms with Crippen LogP contribution in [0.3, 0.4) is 0 Å². The number of carbonyl (C=O) groups is 1. The largest absolute Gasteiger partial charge is 0.343 e. The number of hydrogen-bond donors (Lipinski definition) is 2. The second kappa shape index (κ2) is 6.87. The number of aromatic amines is 1. The highest BCUT2D eigenvalue weighted by Gasteiger charge is 2.13. The van der Waals surface area contributed by atoms with E-state index in [9.17, 15) is 4.79 Å². The molecule has 4 aromatic heterocycles. The summed E-state index contributed by atoms with van der Waals surface area (Å²) >= 11 is 3.04. The normalized spacial score (nSPS) is 10.7. The highest BCUT2D eigenvalue weighted by molar-refractivity contribution is 7.20. The first-order valence-electron chi connectivity index (χ1n) is 7.25. The molecule has 124 valence electrons. The molecule has 0 bridgehead atoms. The molecule has 0 atom stereocenters. The Hall–Kier alpha value is -2.98. The number of rotatable bonds is 5. The van der Waals surface area contributed by atoms with Gasteiger partial charge in [0.25, 0.3) is 5.91 Å². The van der Waals surface area contributed by atoms with Gasteiger partial charge in [0.2, 0.25) is 5.82 Å². The molecule has 1 amide bonds. The van der Waals surface area contributed by atoms with Gasteiger partial charge < -0.3 is 5.32 Å². The zero-order chi connectivity index (χ0) is 17.1. The molecular weight excluding hydrogens is 358 g/mol. The van der Waals surface area contributed by atoms with Crippen molar-refractivity contribution in [3.8, 4) is 21.4 Å². The number of hydrogen-bond acceptors (Lipinski definition) is 8. The van der Waals surface area contributed by atoms with Crippen LogP contribution in [-0.2, 0) is 6.54 Å². The van der Waals surface area contributed by atoms with Crippen molar-refractivity contribution >= 4 is 28.6 Å². The van der Waals surface area contributed by atoms with E-state index < -0.39 is 0 Å². The predicted octanol–water partition coefficient (Wildman–Crippen LogP) is 2.38. The van der Waals surface area contributed by atoms with Crippen LogP contribution in [0.1, 0.15) is 16.3 Å². The third kappa shape index (κ3) is 3.44. The zero-order valence-electron chi connectivity index (χ0n) is 12.7. The van der Waals surface area contributed by atoms with Crippen molar-refractivity contribution in [2.75, 3.05) is 0 Å². The Morgan fingerprint density at radius 3 is 3.00 bits per heavy atom. The summed E-state index contributed by atoms with van der Waals surface area (Å²) in [5.74, 6) is 0.713. The van der Waals surface area contributed by atoms with Crippen LogP contribution in [-0.4, -0.2) is 36.0 Å². The van der Waals surface area contributed by atoms with E-state index in [1.807, 2.05) is 17.5 Å². The second-order valence-electron chi connectivity index (χ2n) is 4.89. The molecule has 0 aliphatic carbocycles. The minimum absolute atomic E-state index is 0.220. The molecule has 0 aliphatic heterocycles. The van der Waals surface area contributed by atoms with Crippen molar-refractivity contribution in [1.29, 1.82) is 0 Å². The fourth-order valence-corrected chi connectivity index (χ4v) is 3.66. The lowest BCUT2D eigenvalue weighted by Crippen LogP contribution is -2.23. The predicted molar refractivity (Wildman–Crippen MR) is 94.0 cm³/mol. The summed E-state index contributed by atoms with van der Waals surface area (Å²) in [5, 5.41) is 14.2. The molecule has 10 heteroatoms. The van der Waals surface area contributed by atoms with Gasteiger partial charge in [0.15, 0.2) is 0 Å². The summed E-state index contributed by atoms with van der Waals surface area (Å²) in [6.07, 6.45) is 4.73. The molecule has 0 spiro atoms. The van der Waals surface area contributed by atoms with Crippen LogP contribution in [0.15, 0.2) is 41.5 Å². The van der Waals surface area contributed by atoms with Crippen molar-refractivity contribution in [3.05, 3.63) is 53.0 Å². The van der Waals surface area contributed by atoms with Gasteiger partial charge in [-0.2, -0.15) is 5.10 Å². The summed E-state index contributed by atoms with van der Waals surface area (Å²) in [6.45, 7) is 0.220. The molecule has 8 nitrogen and oxygen atoms in total. The van der Waals surface area contributed by atoms with E-state index in [-0.39, 0.29) is 12.5 Å². The van der Waals surface area contributed by atoms with Gasteiger partial charge >= 0.3 is 0 Å². The Balaban J connectivity index is 1.40. The molecule has 4 heterocycles. The first-order chi connectivity index (χ1) is 12.3. The van der Waals surface area contributed by atoms with E-state index >= 15 is 0 Å². The summed E-state index contributed by atoms with van der Waals surface area (Å²) < 4.78 is 0. The number of nitrogens with zero attached hydrogens (tertiary/aromatic N) is 5. The SMILES string of the molecule is O=C(NCc1nc(-c2cnccn2)n[nH]1)c1csc(-c2cccs2)n1. The Bertz CT molecular complexity index is 978. The van der Waals surface area contributed by atoms with Crippen LogP contribution in [0.2, 0.25) is 0 Å². The van der Waals surface area contributed by atoms with Gasteiger partial charge in [-0.1, -0.05) is 6.07 Å². The van der Waals surface area contributed by atoms with Crippen LogP contribution >= 0.6 is 22.7 Å². The van der Waals surface area contributed by atoms with Gasteiger partial charge in [-0.15, -0.1) is 22.7 Å². The minimum atomic E-state index is -0.253. The molecule has 0 aromatic carbocycles. The molecule has 0 unspecified atom stereocenters. The van der Waals surface area contributed by atoms with E-state index in [0.717, 1.165) is 9.88 Å². The summed E-state index contributed by atoms with van der Waals surface area (Å²) in [7, 11) is 0. The number of H-pyrrole nitrogens is 1. The quantitative estimate of drug-likeness (QED) is 0.559. The van der Waals surface area contributed by atoms with E-state index in [4.69, 9.17) is 0 Å². The standard InChI is InChI=1S/C15H11N7OS2/c23-14(10-8-25-15(19-10)11-2-1-5-24-11)18-7-12-20-13(22-21-12)9-6-16-3-4-17-9/h1-6,8H,7H2,(H,18,23)(H,20,21,22). The number of thiophene rings is 1. The molecule has 0 radical (unpaired) electrons. The van der Waals surface area contributed by atoms with Gasteiger partial charge in [0.05, 0.1) is 17.6 Å². The molecular formula is C15H11N7OS2. The molecule has 4 rings (SSSR count). The lowest BCUT2D eigenvalue weighted by atomic mass is 10.4. The fraction of sp³-hybridized carbons (Fsp3) is 0.0667. The summed E-state index contributed by atoms with van der Waals surface area (Å²) in [6, 6.07) is 3.94. The first-order valence-corrected chi connectivity index (χ1v) is 9.01. The van der Waals surface area contributed by atoms with Crippen molar-refractivity contribution < 1.29 is 4.79 Å². The highest BCUT2D eigenvalue weighted by Crippen LogP contribution is 2.27. The minimum Gasteiger partial charge on any atom is -0.343 e. The number of carbonyl (C=O) groups excluding carboxylic acids is 1. The highest BCUT2D eigenvalue weighted by atomic mass is 32.1. The molecule has 2 N–H and O–H groups in total. The molecule has 25 heavy (non-hydrogen) atoms. The van der Waals surface area contributed by atoms with Crippen LogP contribution in [0.5, 0.6) is 0 Å². The average molecular weight is 369 g/mol. The maximum atomic E-state index is 12.2. The Kier molecular flexibility index (Phi) is 4.27. The van der Waals surface area contributed by atoms with E-state index in [1.54, 1.807) is 35.3 Å². The van der Waals surface area contributed by atoms with Crippen LogP contribution in [0.4, 0.5) is 0 Å². The smallest absolute Gasteiger partial charge is 0.271 e. The molecule has 4 aromatic rings. The Labute approximate surface area is 150 Å². The lowest BCUT2D eigenvalue weighted by Gasteiger charge is -1.99. The first kappa shape index (κ1) is 15.5. The van der Waals surface area contributed by atoms with Gasteiger partial charge in [0, 0.05) is 17.8 Å². The maximum Gasteiger partial charge on any atom is 0.271 e. The van der Waals surface area contributed by atoms with Crippen molar-refractivity contribution in [1.82, 2.24) is 35.5 Å². The summed E-state index contributed by atoms with van der Waals surface area (Å²) in [5.41, 5.74) is 0.957. The number of aromatic nitrogens is 6. The number of amides is 1. The van der Waals surface area contributed by atoms with Gasteiger partial charge in [-0.25, -0.2) is 15.0 Å². The lowest BCUT2D eigenvalue weighted by molar-refractivity contribution is 0.0945. The monoisotopic (exact) mass is 369 g/mol. The Morgan fingerprint density at radius 1 is 1.24 bits per heavy atom. The number of nitrogens with one attached hydrogen (secondary N) is 2. The third-order valence-electron chi connectivity index (χ3n) is 3.21. The van der Waals surface area contributed by atoms with Gasteiger partial charge in [-0.05, 0) is 11.4 Å². The van der Waals surface area contributed by atoms with Crippen molar-refractivity contribution in [3.63, 3.8) is 0 Å². The topological polar surface area (TPSA) is 109 Å². The zero-order valence-corrected chi connectivity index (χ0v) is 14.3. The number of thiazole rings is 1. The Morgan fingerprint density at radius 2 is 2.20 bits per heavy atom. The van der Waals surface area contributed by atoms with E-state index in [1.165, 1.54) is 11.3 Å². The van der Waals surface area contributed by atoms with Crippen molar-refractivity contribution in [2.45, 2.75) is 6.54 Å². The molecule has 0 saturated heterocycles. The second-order valence-corrected chi connectivity index (χ2v) is 6.70. The van der Waals surface area contributed by atoms with Crippen LogP contribution in [0, 0.1) is 0 Å². The van der Waals surface area contributed by atoms with Crippen LogP contribution in [0.25, 0.3) is 21.4 Å². The van der Waals surface area contributed by atoms with Crippen LogP contribution < -0.4 is 5.32 Å². The van der Waals surface area contributed by atoms with E-state index in [0.29, 0.717) is 23.0 Å². The van der Waals surface area contributed by atoms with Crippen molar-refractivity contribution in [2.24, 2.45) is 0 Å². The average Bonchev–Trinajstić information content (AvgIpc) is 3.41. The summed E-state index contributed by atoms with van der Waals surface area (Å²) in [4.78, 5) is 30.0. The molecule has 0 aliphatic rings. The third-order valence-corrected chi connectivity index (χ3v) is 5.09. The van der Waals surface area contributed by atoms with Gasteiger partial charge in [-0.3, -0.25) is 14.9 Å². The molecule has 0 fully saturated rings. The maximum absolute atomic E-state index is 12.2.